The molecule has 0 aliphatic carbocycles. The third kappa shape index (κ3) is 5.53. The predicted molar refractivity (Wildman–Crippen MR) is 106 cm³/mol. The highest BCUT2D eigenvalue weighted by Gasteiger charge is 2.17. The summed E-state index contributed by atoms with van der Waals surface area (Å²) in [4.78, 5) is 16.8. The van der Waals surface area contributed by atoms with E-state index in [9.17, 15) is 13.2 Å². The fourth-order valence-electron chi connectivity index (χ4n) is 3.08. The second kappa shape index (κ2) is 8.51. The second-order valence-corrected chi connectivity index (χ2v) is 8.09. The zero-order chi connectivity index (χ0) is 19.3. The molecule has 0 radical (unpaired) electrons. The SMILES string of the molecule is NS(=O)(=O)c1ccc(NC(=O)CCN2CCN(c3ccccc3)CC2)cc1. The third-order valence-corrected chi connectivity index (χ3v) is 5.54. The number of primary sulfonamides is 1. The van der Waals surface area contributed by atoms with Crippen LogP contribution < -0.4 is 15.4 Å². The average molecular weight is 388 g/mol. The molecule has 8 heteroatoms. The van der Waals surface area contributed by atoms with Crippen molar-refractivity contribution in [3.8, 4) is 0 Å². The number of amides is 1. The van der Waals surface area contributed by atoms with E-state index in [4.69, 9.17) is 5.14 Å². The highest BCUT2D eigenvalue weighted by molar-refractivity contribution is 7.89. The smallest absolute Gasteiger partial charge is 0.238 e. The Balaban J connectivity index is 1.42. The number of hydrogen-bond acceptors (Lipinski definition) is 5. The summed E-state index contributed by atoms with van der Waals surface area (Å²) >= 11 is 0. The summed E-state index contributed by atoms with van der Waals surface area (Å²) in [5.41, 5.74) is 1.79. The van der Waals surface area contributed by atoms with Crippen molar-refractivity contribution in [1.82, 2.24) is 4.90 Å². The number of rotatable bonds is 6. The van der Waals surface area contributed by atoms with Crippen molar-refractivity contribution >= 4 is 27.3 Å². The molecular weight excluding hydrogens is 364 g/mol. The van der Waals surface area contributed by atoms with Gasteiger partial charge in [0.15, 0.2) is 0 Å². The van der Waals surface area contributed by atoms with Crippen LogP contribution in [0.1, 0.15) is 6.42 Å². The van der Waals surface area contributed by atoms with Gasteiger partial charge in [0, 0.05) is 50.5 Å². The van der Waals surface area contributed by atoms with Gasteiger partial charge < -0.3 is 10.2 Å². The van der Waals surface area contributed by atoms with E-state index in [0.717, 1.165) is 26.2 Å². The maximum Gasteiger partial charge on any atom is 0.238 e. The number of benzene rings is 2. The number of carbonyl (C=O) groups excluding carboxylic acids is 1. The molecule has 1 heterocycles. The second-order valence-electron chi connectivity index (χ2n) is 6.53. The summed E-state index contributed by atoms with van der Waals surface area (Å²) < 4.78 is 22.5. The lowest BCUT2D eigenvalue weighted by Gasteiger charge is -2.36. The number of anilines is 2. The first-order valence-electron chi connectivity index (χ1n) is 8.87. The number of nitrogens with two attached hydrogens (primary N) is 1. The Kier molecular flexibility index (Phi) is 6.10. The van der Waals surface area contributed by atoms with Gasteiger partial charge in [-0.25, -0.2) is 13.6 Å². The van der Waals surface area contributed by atoms with Crippen molar-refractivity contribution in [3.05, 3.63) is 54.6 Å². The van der Waals surface area contributed by atoms with Crippen molar-refractivity contribution < 1.29 is 13.2 Å². The van der Waals surface area contributed by atoms with Crippen LogP contribution in [-0.2, 0) is 14.8 Å². The van der Waals surface area contributed by atoms with Gasteiger partial charge in [0.2, 0.25) is 15.9 Å². The third-order valence-electron chi connectivity index (χ3n) is 4.62. The molecule has 3 rings (SSSR count). The molecule has 1 amide bonds. The molecule has 1 aliphatic rings. The maximum atomic E-state index is 12.1. The summed E-state index contributed by atoms with van der Waals surface area (Å²) in [5, 5.41) is 7.84. The highest BCUT2D eigenvalue weighted by atomic mass is 32.2. The van der Waals surface area contributed by atoms with Crippen LogP contribution in [0, 0.1) is 0 Å². The van der Waals surface area contributed by atoms with Crippen molar-refractivity contribution in [1.29, 1.82) is 0 Å². The van der Waals surface area contributed by atoms with Crippen LogP contribution >= 0.6 is 0 Å². The molecule has 0 bridgehead atoms. The van der Waals surface area contributed by atoms with Gasteiger partial charge in [-0.05, 0) is 36.4 Å². The van der Waals surface area contributed by atoms with Gasteiger partial charge >= 0.3 is 0 Å². The maximum absolute atomic E-state index is 12.1. The van der Waals surface area contributed by atoms with E-state index in [2.05, 4.69) is 27.2 Å². The molecular formula is C19H24N4O3S. The molecule has 0 aromatic heterocycles. The van der Waals surface area contributed by atoms with Crippen molar-refractivity contribution in [2.75, 3.05) is 42.9 Å². The molecule has 1 fully saturated rings. The minimum absolute atomic E-state index is 0.0248. The zero-order valence-electron chi connectivity index (χ0n) is 15.0. The van der Waals surface area contributed by atoms with Crippen LogP contribution in [-0.4, -0.2) is 51.9 Å². The Morgan fingerprint density at radius 3 is 2.19 bits per heavy atom. The van der Waals surface area contributed by atoms with E-state index in [1.807, 2.05) is 18.2 Å². The highest BCUT2D eigenvalue weighted by Crippen LogP contribution is 2.16. The molecule has 2 aromatic rings. The van der Waals surface area contributed by atoms with Crippen LogP contribution in [0.5, 0.6) is 0 Å². The van der Waals surface area contributed by atoms with Crippen molar-refractivity contribution in [2.24, 2.45) is 5.14 Å². The molecule has 0 spiro atoms. The monoisotopic (exact) mass is 388 g/mol. The first-order valence-corrected chi connectivity index (χ1v) is 10.4. The topological polar surface area (TPSA) is 95.7 Å². The lowest BCUT2D eigenvalue weighted by molar-refractivity contribution is -0.116. The number of carbonyl (C=O) groups is 1. The fourth-order valence-corrected chi connectivity index (χ4v) is 3.60. The van der Waals surface area contributed by atoms with Crippen LogP contribution in [0.3, 0.4) is 0 Å². The normalized spacial score (nSPS) is 15.5. The number of nitrogens with one attached hydrogen (secondary N) is 1. The summed E-state index contributed by atoms with van der Waals surface area (Å²) in [5.74, 6) is -0.0937. The van der Waals surface area contributed by atoms with Gasteiger partial charge in [-0.2, -0.15) is 0 Å². The van der Waals surface area contributed by atoms with E-state index in [1.54, 1.807) is 0 Å². The number of piperazine rings is 1. The predicted octanol–water partition coefficient (Wildman–Crippen LogP) is 1.48. The van der Waals surface area contributed by atoms with E-state index < -0.39 is 10.0 Å². The Labute approximate surface area is 159 Å². The Bertz CT molecular complexity index is 862. The summed E-state index contributed by atoms with van der Waals surface area (Å²) in [7, 11) is -3.72. The fraction of sp³-hybridized carbons (Fsp3) is 0.316. The molecule has 0 unspecified atom stereocenters. The van der Waals surface area contributed by atoms with Gasteiger partial charge in [-0.1, -0.05) is 18.2 Å². The van der Waals surface area contributed by atoms with Gasteiger partial charge in [0.1, 0.15) is 0 Å². The molecule has 7 nitrogen and oxygen atoms in total. The van der Waals surface area contributed by atoms with Gasteiger partial charge in [-0.3, -0.25) is 9.69 Å². The summed E-state index contributed by atoms with van der Waals surface area (Å²) in [6, 6.07) is 16.2. The van der Waals surface area contributed by atoms with Crippen LogP contribution in [0.15, 0.2) is 59.5 Å². The first kappa shape index (κ1) is 19.3. The van der Waals surface area contributed by atoms with Gasteiger partial charge in [0.05, 0.1) is 4.90 Å². The molecule has 2 aromatic carbocycles. The molecule has 3 N–H and O–H groups in total. The largest absolute Gasteiger partial charge is 0.369 e. The minimum Gasteiger partial charge on any atom is -0.369 e. The number of sulfonamides is 1. The minimum atomic E-state index is -3.72. The summed E-state index contributed by atoms with van der Waals surface area (Å²) in [6.07, 6.45) is 0.391. The van der Waals surface area contributed by atoms with E-state index >= 15 is 0 Å². The lowest BCUT2D eigenvalue weighted by Crippen LogP contribution is -2.47. The lowest BCUT2D eigenvalue weighted by atomic mass is 10.2. The molecule has 1 aliphatic heterocycles. The number of hydrogen-bond donors (Lipinski definition) is 2. The van der Waals surface area contributed by atoms with E-state index in [1.165, 1.54) is 30.0 Å². The Morgan fingerprint density at radius 1 is 0.963 bits per heavy atom. The van der Waals surface area contributed by atoms with E-state index in [-0.39, 0.29) is 10.8 Å². The van der Waals surface area contributed by atoms with Gasteiger partial charge in [0.25, 0.3) is 0 Å². The molecule has 27 heavy (non-hydrogen) atoms. The Hall–Kier alpha value is -2.42. The molecule has 0 saturated carbocycles. The Morgan fingerprint density at radius 2 is 1.59 bits per heavy atom. The average Bonchev–Trinajstić information content (AvgIpc) is 2.67. The molecule has 144 valence electrons. The van der Waals surface area contributed by atoms with Crippen molar-refractivity contribution in [2.45, 2.75) is 11.3 Å². The number of nitrogens with zero attached hydrogens (tertiary/aromatic N) is 2. The van der Waals surface area contributed by atoms with Crippen LogP contribution in [0.4, 0.5) is 11.4 Å². The van der Waals surface area contributed by atoms with Gasteiger partial charge in [-0.15, -0.1) is 0 Å². The zero-order valence-corrected chi connectivity index (χ0v) is 15.9. The summed E-state index contributed by atoms with van der Waals surface area (Å²) in [6.45, 7) is 4.43. The standard InChI is InChI=1S/C19H24N4O3S/c20-27(25,26)18-8-6-16(7-9-18)21-19(24)10-11-22-12-14-23(15-13-22)17-4-2-1-3-5-17/h1-9H,10-15H2,(H,21,24)(H2,20,25,26). The van der Waals surface area contributed by atoms with Crippen LogP contribution in [0.25, 0.3) is 0 Å². The molecule has 1 saturated heterocycles. The quantitative estimate of drug-likeness (QED) is 0.782. The van der Waals surface area contributed by atoms with E-state index in [0.29, 0.717) is 18.7 Å². The number of para-hydroxylation sites is 1. The van der Waals surface area contributed by atoms with Crippen molar-refractivity contribution in [3.63, 3.8) is 0 Å². The molecule has 0 atom stereocenters. The first-order chi connectivity index (χ1) is 12.9. The van der Waals surface area contributed by atoms with Crippen LogP contribution in [0.2, 0.25) is 0 Å².